The number of nitrogens with zero attached hydrogens (tertiary/aromatic N) is 3. The van der Waals surface area contributed by atoms with Crippen molar-refractivity contribution in [3.8, 4) is 11.4 Å². The zero-order chi connectivity index (χ0) is 21.9. The van der Waals surface area contributed by atoms with Crippen LogP contribution in [0.3, 0.4) is 0 Å². The molecule has 1 amide bonds. The molecule has 5 rings (SSSR count). The number of fused-ring (bicyclic) bond motifs is 1. The molecule has 0 radical (unpaired) electrons. The van der Waals surface area contributed by atoms with Crippen molar-refractivity contribution >= 4 is 22.8 Å². The molecule has 4 aromatic rings. The molecule has 7 nitrogen and oxygen atoms in total. The maximum Gasteiger partial charge on any atom is 0.270 e. The summed E-state index contributed by atoms with van der Waals surface area (Å²) in [6, 6.07) is 22.2. The number of carbonyl (C=O) groups excluding carboxylic acids is 1. The monoisotopic (exact) mass is 426 g/mol. The predicted molar refractivity (Wildman–Crippen MR) is 126 cm³/mol. The summed E-state index contributed by atoms with van der Waals surface area (Å²) in [6.45, 7) is 2.29. The lowest BCUT2D eigenvalue weighted by Crippen LogP contribution is -2.44. The van der Waals surface area contributed by atoms with Crippen LogP contribution in [0.1, 0.15) is 28.9 Å². The van der Waals surface area contributed by atoms with Gasteiger partial charge in [0.2, 0.25) is 0 Å². The molecule has 0 bridgehead atoms. The van der Waals surface area contributed by atoms with Crippen LogP contribution in [0, 0.1) is 0 Å². The van der Waals surface area contributed by atoms with Crippen molar-refractivity contribution in [2.24, 2.45) is 0 Å². The summed E-state index contributed by atoms with van der Waals surface area (Å²) in [5.74, 6) is 0.889. The molecule has 162 valence electrons. The lowest BCUT2D eigenvalue weighted by molar-refractivity contribution is 0.0699. The van der Waals surface area contributed by atoms with Crippen molar-refractivity contribution in [2.75, 3.05) is 18.8 Å². The van der Waals surface area contributed by atoms with Gasteiger partial charge in [0.15, 0.2) is 5.82 Å². The quantitative estimate of drug-likeness (QED) is 0.453. The number of nitrogens with two attached hydrogens (primary N) is 1. The summed E-state index contributed by atoms with van der Waals surface area (Å²) in [5, 5.41) is 4.28. The lowest BCUT2D eigenvalue weighted by atomic mass is 10.0. The number of aromatic amines is 1. The number of anilines is 1. The fourth-order valence-electron chi connectivity index (χ4n) is 4.18. The van der Waals surface area contributed by atoms with Gasteiger partial charge in [-0.3, -0.25) is 4.79 Å². The Morgan fingerprint density at radius 3 is 2.44 bits per heavy atom. The fraction of sp³-hybridized carbons (Fsp3) is 0.240. The molecule has 1 aliphatic rings. The van der Waals surface area contributed by atoms with Gasteiger partial charge >= 0.3 is 0 Å². The molecule has 1 saturated heterocycles. The van der Waals surface area contributed by atoms with Gasteiger partial charge in [-0.2, -0.15) is 0 Å². The molecule has 0 atom stereocenters. The average molecular weight is 427 g/mol. The van der Waals surface area contributed by atoms with Crippen molar-refractivity contribution in [1.82, 2.24) is 25.2 Å². The van der Waals surface area contributed by atoms with E-state index in [4.69, 9.17) is 5.73 Å². The number of hydrogen-bond acceptors (Lipinski definition) is 5. The third kappa shape index (κ3) is 4.20. The van der Waals surface area contributed by atoms with E-state index < -0.39 is 0 Å². The van der Waals surface area contributed by atoms with E-state index in [-0.39, 0.29) is 5.91 Å². The highest BCUT2D eigenvalue weighted by atomic mass is 16.2. The number of carbonyl (C=O) groups is 1. The smallest absolute Gasteiger partial charge is 0.270 e. The summed E-state index contributed by atoms with van der Waals surface area (Å²) in [4.78, 5) is 27.2. The maximum atomic E-state index is 13.1. The Kier molecular flexibility index (Phi) is 5.56. The number of H-pyrrole nitrogens is 1. The zero-order valence-corrected chi connectivity index (χ0v) is 17.8. The number of likely N-dealkylation sites (tertiary alicyclic amines) is 1. The molecule has 7 heteroatoms. The van der Waals surface area contributed by atoms with E-state index in [1.54, 1.807) is 6.07 Å². The van der Waals surface area contributed by atoms with E-state index >= 15 is 0 Å². The highest BCUT2D eigenvalue weighted by molar-refractivity contribution is 6.00. The zero-order valence-electron chi connectivity index (χ0n) is 17.8. The van der Waals surface area contributed by atoms with Gasteiger partial charge in [0.25, 0.3) is 5.91 Å². The van der Waals surface area contributed by atoms with Crippen LogP contribution >= 0.6 is 0 Å². The predicted octanol–water partition coefficient (Wildman–Crippen LogP) is 3.60. The summed E-state index contributed by atoms with van der Waals surface area (Å²) in [7, 11) is 0. The van der Waals surface area contributed by atoms with Crippen LogP contribution < -0.4 is 11.1 Å². The normalized spacial score (nSPS) is 14.7. The molecule has 3 heterocycles. The number of hydrogen-bond donors (Lipinski definition) is 3. The highest BCUT2D eigenvalue weighted by Crippen LogP contribution is 2.25. The number of amides is 1. The second-order valence-corrected chi connectivity index (χ2v) is 8.18. The SMILES string of the molecule is Nc1nc(-c2ccccc2)nc2[nH]c(C(=O)N3CCC(NCc4ccccc4)CC3)cc12. The van der Waals surface area contributed by atoms with Gasteiger partial charge in [0.05, 0.1) is 5.39 Å². The molecule has 32 heavy (non-hydrogen) atoms. The van der Waals surface area contributed by atoms with E-state index in [1.807, 2.05) is 41.3 Å². The molecule has 4 N–H and O–H groups in total. The second-order valence-electron chi connectivity index (χ2n) is 8.18. The fourth-order valence-corrected chi connectivity index (χ4v) is 4.18. The van der Waals surface area contributed by atoms with Crippen LogP contribution in [-0.2, 0) is 6.54 Å². The Balaban J connectivity index is 1.25. The topological polar surface area (TPSA) is 99.9 Å². The summed E-state index contributed by atoms with van der Waals surface area (Å²) >= 11 is 0. The Morgan fingerprint density at radius 1 is 1.03 bits per heavy atom. The van der Waals surface area contributed by atoms with Gasteiger partial charge < -0.3 is 20.9 Å². The van der Waals surface area contributed by atoms with Crippen LogP contribution in [0.4, 0.5) is 5.82 Å². The molecule has 2 aromatic heterocycles. The largest absolute Gasteiger partial charge is 0.383 e. The summed E-state index contributed by atoms with van der Waals surface area (Å²) in [5.41, 5.74) is 9.42. The molecule has 0 aliphatic carbocycles. The molecular formula is C25H26N6O. The number of aromatic nitrogens is 3. The first-order valence-corrected chi connectivity index (χ1v) is 11.0. The molecule has 2 aromatic carbocycles. The third-order valence-corrected chi connectivity index (χ3v) is 6.00. The Hall–Kier alpha value is -3.71. The van der Waals surface area contributed by atoms with Crippen molar-refractivity contribution in [1.29, 1.82) is 0 Å². The van der Waals surface area contributed by atoms with Crippen molar-refractivity contribution in [3.63, 3.8) is 0 Å². The first-order valence-electron chi connectivity index (χ1n) is 11.0. The van der Waals surface area contributed by atoms with Crippen LogP contribution in [0.25, 0.3) is 22.4 Å². The average Bonchev–Trinajstić information content (AvgIpc) is 3.29. The Labute approximate surface area is 186 Å². The Morgan fingerprint density at radius 2 is 1.72 bits per heavy atom. The van der Waals surface area contributed by atoms with Gasteiger partial charge in [-0.15, -0.1) is 0 Å². The number of rotatable bonds is 5. The summed E-state index contributed by atoms with van der Waals surface area (Å²) < 4.78 is 0. The van der Waals surface area contributed by atoms with Crippen LogP contribution in [0.5, 0.6) is 0 Å². The van der Waals surface area contributed by atoms with Crippen molar-refractivity contribution in [2.45, 2.75) is 25.4 Å². The minimum atomic E-state index is -0.0230. The van der Waals surface area contributed by atoms with Crippen LogP contribution in [-0.4, -0.2) is 44.9 Å². The highest BCUT2D eigenvalue weighted by Gasteiger charge is 2.25. The lowest BCUT2D eigenvalue weighted by Gasteiger charge is -2.32. The van der Waals surface area contributed by atoms with Gasteiger partial charge in [0.1, 0.15) is 17.2 Å². The molecule has 0 spiro atoms. The van der Waals surface area contributed by atoms with E-state index in [0.717, 1.165) is 38.0 Å². The maximum absolute atomic E-state index is 13.1. The van der Waals surface area contributed by atoms with Crippen molar-refractivity contribution in [3.05, 3.63) is 78.0 Å². The van der Waals surface area contributed by atoms with Crippen LogP contribution in [0.15, 0.2) is 66.7 Å². The van der Waals surface area contributed by atoms with Gasteiger partial charge in [-0.1, -0.05) is 60.7 Å². The Bertz CT molecular complexity index is 1210. The minimum absolute atomic E-state index is 0.0230. The van der Waals surface area contributed by atoms with E-state index in [2.05, 4.69) is 44.5 Å². The minimum Gasteiger partial charge on any atom is -0.383 e. The molecule has 0 saturated carbocycles. The first kappa shape index (κ1) is 20.2. The standard InChI is InChI=1S/C25H26N6O/c26-22-20-15-21(28-24(20)30-23(29-22)18-9-5-2-6-10-18)25(32)31-13-11-19(12-14-31)27-16-17-7-3-1-4-8-17/h1-10,15,19,27H,11-14,16H2,(H3,26,28,29,30). The number of nitrogen functional groups attached to an aromatic ring is 1. The third-order valence-electron chi connectivity index (χ3n) is 6.00. The van der Waals surface area contributed by atoms with Gasteiger partial charge in [-0.05, 0) is 24.5 Å². The van der Waals surface area contributed by atoms with E-state index in [0.29, 0.717) is 34.4 Å². The number of piperidine rings is 1. The molecule has 0 unspecified atom stereocenters. The first-order chi connectivity index (χ1) is 15.7. The van der Waals surface area contributed by atoms with E-state index in [1.165, 1.54) is 5.56 Å². The molecule has 1 aliphatic heterocycles. The molecular weight excluding hydrogens is 400 g/mol. The summed E-state index contributed by atoms with van der Waals surface area (Å²) in [6.07, 6.45) is 1.86. The second kappa shape index (κ2) is 8.80. The van der Waals surface area contributed by atoms with E-state index in [9.17, 15) is 4.79 Å². The van der Waals surface area contributed by atoms with Crippen LogP contribution in [0.2, 0.25) is 0 Å². The number of benzene rings is 2. The van der Waals surface area contributed by atoms with Gasteiger partial charge in [-0.25, -0.2) is 9.97 Å². The molecule has 1 fully saturated rings. The van der Waals surface area contributed by atoms with Crippen molar-refractivity contribution < 1.29 is 4.79 Å². The number of nitrogens with one attached hydrogen (secondary N) is 2. The van der Waals surface area contributed by atoms with Gasteiger partial charge in [0, 0.05) is 31.2 Å².